The molecule has 1 aliphatic rings. The minimum absolute atomic E-state index is 0.0762. The van der Waals surface area contributed by atoms with Gasteiger partial charge in [0, 0.05) is 17.6 Å². The summed E-state index contributed by atoms with van der Waals surface area (Å²) in [5, 5.41) is 14.7. The largest absolute Gasteiger partial charge is 0.496 e. The number of hydrogen-bond acceptors (Lipinski definition) is 3. The molecule has 3 N–H and O–H groups in total. The SMILES string of the molecule is COc1ccc(NC(=O)NCC2(CO)CC2)cc1C. The van der Waals surface area contributed by atoms with Gasteiger partial charge in [-0.2, -0.15) is 0 Å². The van der Waals surface area contributed by atoms with Crippen LogP contribution >= 0.6 is 0 Å². The Labute approximate surface area is 113 Å². The van der Waals surface area contributed by atoms with Crippen molar-refractivity contribution in [3.8, 4) is 5.75 Å². The van der Waals surface area contributed by atoms with E-state index in [0.717, 1.165) is 29.8 Å². The van der Waals surface area contributed by atoms with Crippen LogP contribution < -0.4 is 15.4 Å². The normalized spacial score (nSPS) is 15.7. The van der Waals surface area contributed by atoms with Gasteiger partial charge in [0.1, 0.15) is 5.75 Å². The lowest BCUT2D eigenvalue weighted by Gasteiger charge is -2.14. The first kappa shape index (κ1) is 13.7. The molecule has 1 aromatic carbocycles. The van der Waals surface area contributed by atoms with Crippen molar-refractivity contribution in [2.75, 3.05) is 25.6 Å². The minimum Gasteiger partial charge on any atom is -0.496 e. The van der Waals surface area contributed by atoms with Crippen LogP contribution in [0.25, 0.3) is 0 Å². The van der Waals surface area contributed by atoms with Gasteiger partial charge in [-0.05, 0) is 43.5 Å². The quantitative estimate of drug-likeness (QED) is 0.760. The van der Waals surface area contributed by atoms with Crippen molar-refractivity contribution in [3.05, 3.63) is 23.8 Å². The van der Waals surface area contributed by atoms with Crippen molar-refractivity contribution >= 4 is 11.7 Å². The number of amides is 2. The zero-order chi connectivity index (χ0) is 13.9. The fourth-order valence-electron chi connectivity index (χ4n) is 1.97. The summed E-state index contributed by atoms with van der Waals surface area (Å²) in [5.74, 6) is 0.795. The fraction of sp³-hybridized carbons (Fsp3) is 0.500. The summed E-state index contributed by atoms with van der Waals surface area (Å²) in [6.45, 7) is 2.58. The number of ether oxygens (including phenoxy) is 1. The summed E-state index contributed by atoms with van der Waals surface area (Å²) in [7, 11) is 1.62. The molecule has 1 aromatic rings. The predicted octanol–water partition coefficient (Wildman–Crippen LogP) is 1.90. The third-order valence-electron chi connectivity index (χ3n) is 3.57. The van der Waals surface area contributed by atoms with Crippen LogP contribution in [0.3, 0.4) is 0 Å². The summed E-state index contributed by atoms with van der Waals surface area (Å²) in [4.78, 5) is 11.7. The molecule has 5 nitrogen and oxygen atoms in total. The number of aliphatic hydroxyl groups is 1. The fourth-order valence-corrected chi connectivity index (χ4v) is 1.97. The summed E-state index contributed by atoms with van der Waals surface area (Å²) >= 11 is 0. The first-order valence-electron chi connectivity index (χ1n) is 6.39. The van der Waals surface area contributed by atoms with Gasteiger partial charge >= 0.3 is 6.03 Å². The van der Waals surface area contributed by atoms with Gasteiger partial charge in [-0.25, -0.2) is 4.79 Å². The maximum atomic E-state index is 11.7. The van der Waals surface area contributed by atoms with Gasteiger partial charge < -0.3 is 20.5 Å². The molecule has 2 amide bonds. The number of aryl methyl sites for hydroxylation is 1. The van der Waals surface area contributed by atoms with E-state index in [1.165, 1.54) is 0 Å². The Kier molecular flexibility index (Phi) is 3.95. The molecule has 0 bridgehead atoms. The maximum Gasteiger partial charge on any atom is 0.319 e. The lowest BCUT2D eigenvalue weighted by Crippen LogP contribution is -2.35. The van der Waals surface area contributed by atoms with Gasteiger partial charge in [-0.1, -0.05) is 0 Å². The van der Waals surface area contributed by atoms with E-state index in [9.17, 15) is 4.79 Å². The summed E-state index contributed by atoms with van der Waals surface area (Å²) in [6, 6.07) is 5.23. The highest BCUT2D eigenvalue weighted by Gasteiger charge is 2.42. The van der Waals surface area contributed by atoms with Gasteiger partial charge in [-0.3, -0.25) is 0 Å². The molecule has 0 spiro atoms. The van der Waals surface area contributed by atoms with Gasteiger partial charge in [0.2, 0.25) is 0 Å². The van der Waals surface area contributed by atoms with Crippen molar-refractivity contribution in [2.45, 2.75) is 19.8 Å². The van der Waals surface area contributed by atoms with Crippen molar-refractivity contribution in [3.63, 3.8) is 0 Å². The lowest BCUT2D eigenvalue weighted by atomic mass is 10.1. The van der Waals surface area contributed by atoms with E-state index in [1.54, 1.807) is 13.2 Å². The number of benzene rings is 1. The van der Waals surface area contributed by atoms with Crippen LogP contribution in [0.15, 0.2) is 18.2 Å². The maximum absolute atomic E-state index is 11.7. The van der Waals surface area contributed by atoms with Gasteiger partial charge in [-0.15, -0.1) is 0 Å². The Morgan fingerprint density at radius 2 is 2.21 bits per heavy atom. The molecule has 0 unspecified atom stereocenters. The summed E-state index contributed by atoms with van der Waals surface area (Å²) in [5.41, 5.74) is 1.62. The molecule has 0 saturated heterocycles. The first-order chi connectivity index (χ1) is 9.08. The molecule has 2 rings (SSSR count). The lowest BCUT2D eigenvalue weighted by molar-refractivity contribution is 0.206. The van der Waals surface area contributed by atoms with E-state index in [1.807, 2.05) is 19.1 Å². The Hall–Kier alpha value is -1.75. The number of aliphatic hydroxyl groups excluding tert-OH is 1. The molecular formula is C14H20N2O3. The summed E-state index contributed by atoms with van der Waals surface area (Å²) < 4.78 is 5.16. The van der Waals surface area contributed by atoms with Gasteiger partial charge in [0.05, 0.1) is 13.7 Å². The third-order valence-corrected chi connectivity index (χ3v) is 3.57. The van der Waals surface area contributed by atoms with E-state index >= 15 is 0 Å². The highest BCUT2D eigenvalue weighted by atomic mass is 16.5. The zero-order valence-corrected chi connectivity index (χ0v) is 11.3. The van der Waals surface area contributed by atoms with E-state index in [4.69, 9.17) is 9.84 Å². The van der Waals surface area contributed by atoms with Gasteiger partial charge in [0.15, 0.2) is 0 Å². The van der Waals surface area contributed by atoms with Crippen molar-refractivity contribution in [1.29, 1.82) is 0 Å². The van der Waals surface area contributed by atoms with Gasteiger partial charge in [0.25, 0.3) is 0 Å². The Bertz CT molecular complexity index is 470. The molecule has 0 radical (unpaired) electrons. The minimum atomic E-state index is -0.246. The molecule has 0 heterocycles. The highest BCUT2D eigenvalue weighted by molar-refractivity contribution is 5.89. The first-order valence-corrected chi connectivity index (χ1v) is 6.39. The van der Waals surface area contributed by atoms with E-state index in [2.05, 4.69) is 10.6 Å². The molecule has 5 heteroatoms. The molecule has 0 atom stereocenters. The predicted molar refractivity (Wildman–Crippen MR) is 73.5 cm³/mol. The Balaban J connectivity index is 1.86. The third kappa shape index (κ3) is 3.38. The second-order valence-corrected chi connectivity index (χ2v) is 5.15. The van der Waals surface area contributed by atoms with Crippen LogP contribution in [0.2, 0.25) is 0 Å². The van der Waals surface area contributed by atoms with E-state index in [-0.39, 0.29) is 18.1 Å². The summed E-state index contributed by atoms with van der Waals surface area (Å²) in [6.07, 6.45) is 1.96. The van der Waals surface area contributed by atoms with Crippen LogP contribution in [0.1, 0.15) is 18.4 Å². The highest BCUT2D eigenvalue weighted by Crippen LogP contribution is 2.44. The number of carbonyl (C=O) groups is 1. The van der Waals surface area contributed by atoms with Crippen LogP contribution in [0.4, 0.5) is 10.5 Å². The number of urea groups is 1. The Morgan fingerprint density at radius 1 is 1.47 bits per heavy atom. The van der Waals surface area contributed by atoms with Crippen LogP contribution in [0.5, 0.6) is 5.75 Å². The van der Waals surface area contributed by atoms with Crippen molar-refractivity contribution in [2.24, 2.45) is 5.41 Å². The second-order valence-electron chi connectivity index (χ2n) is 5.15. The van der Waals surface area contributed by atoms with Crippen molar-refractivity contribution in [1.82, 2.24) is 5.32 Å². The molecule has 19 heavy (non-hydrogen) atoms. The number of nitrogens with one attached hydrogen (secondary N) is 2. The van der Waals surface area contributed by atoms with Crippen LogP contribution in [-0.4, -0.2) is 31.4 Å². The molecule has 1 saturated carbocycles. The molecule has 0 aliphatic heterocycles. The average molecular weight is 264 g/mol. The van der Waals surface area contributed by atoms with E-state index < -0.39 is 0 Å². The molecular weight excluding hydrogens is 244 g/mol. The molecule has 0 aromatic heterocycles. The number of methoxy groups -OCH3 is 1. The van der Waals surface area contributed by atoms with E-state index in [0.29, 0.717) is 6.54 Å². The topological polar surface area (TPSA) is 70.6 Å². The second kappa shape index (κ2) is 5.48. The number of anilines is 1. The molecule has 1 fully saturated rings. The number of rotatable bonds is 5. The number of carbonyl (C=O) groups excluding carboxylic acids is 1. The average Bonchev–Trinajstić information content (AvgIpc) is 3.17. The number of hydrogen-bond donors (Lipinski definition) is 3. The monoisotopic (exact) mass is 264 g/mol. The zero-order valence-electron chi connectivity index (χ0n) is 11.3. The molecule has 1 aliphatic carbocycles. The Morgan fingerprint density at radius 3 is 2.74 bits per heavy atom. The smallest absolute Gasteiger partial charge is 0.319 e. The van der Waals surface area contributed by atoms with Crippen LogP contribution in [0, 0.1) is 12.3 Å². The van der Waals surface area contributed by atoms with Crippen LogP contribution in [-0.2, 0) is 0 Å². The standard InChI is InChI=1S/C14H20N2O3/c1-10-7-11(3-4-12(10)19-2)16-13(18)15-8-14(9-17)5-6-14/h3-4,7,17H,5-6,8-9H2,1-2H3,(H2,15,16,18). The molecule has 104 valence electrons. The van der Waals surface area contributed by atoms with Crippen molar-refractivity contribution < 1.29 is 14.6 Å².